The van der Waals surface area contributed by atoms with Crippen LogP contribution >= 0.6 is 22.6 Å². The van der Waals surface area contributed by atoms with Crippen molar-refractivity contribution in [2.24, 2.45) is 5.92 Å². The molecular formula is C12H16INO4S. The molecule has 19 heavy (non-hydrogen) atoms. The van der Waals surface area contributed by atoms with Crippen LogP contribution in [0.1, 0.15) is 19.8 Å². The summed E-state index contributed by atoms with van der Waals surface area (Å²) in [6, 6.07) is 6.38. The van der Waals surface area contributed by atoms with E-state index in [-0.39, 0.29) is 11.4 Å². The van der Waals surface area contributed by atoms with E-state index < -0.39 is 21.9 Å². The summed E-state index contributed by atoms with van der Waals surface area (Å²) in [5.41, 5.74) is 0. The van der Waals surface area contributed by atoms with Crippen molar-refractivity contribution in [2.75, 3.05) is 6.54 Å². The largest absolute Gasteiger partial charge is 0.481 e. The van der Waals surface area contributed by atoms with Crippen LogP contribution in [0.5, 0.6) is 0 Å². The first kappa shape index (κ1) is 16.4. The highest BCUT2D eigenvalue weighted by molar-refractivity contribution is 14.1. The van der Waals surface area contributed by atoms with Crippen LogP contribution in [0.15, 0.2) is 29.2 Å². The van der Waals surface area contributed by atoms with E-state index in [0.717, 1.165) is 3.57 Å². The van der Waals surface area contributed by atoms with Gasteiger partial charge in [0.05, 0.1) is 10.8 Å². The Labute approximate surface area is 126 Å². The fraction of sp³-hybridized carbons (Fsp3) is 0.417. The van der Waals surface area contributed by atoms with Crippen LogP contribution in [0.25, 0.3) is 0 Å². The quantitative estimate of drug-likeness (QED) is 0.691. The van der Waals surface area contributed by atoms with Crippen LogP contribution < -0.4 is 4.72 Å². The van der Waals surface area contributed by atoms with Crippen LogP contribution in [0.4, 0.5) is 0 Å². The maximum atomic E-state index is 12.0. The second kappa shape index (κ2) is 7.20. The van der Waals surface area contributed by atoms with Gasteiger partial charge in [0.25, 0.3) is 0 Å². The van der Waals surface area contributed by atoms with Crippen LogP contribution in [0, 0.1) is 9.49 Å². The third kappa shape index (κ3) is 5.07. The number of carbonyl (C=O) groups is 1. The van der Waals surface area contributed by atoms with Crippen molar-refractivity contribution >= 4 is 38.6 Å². The fourth-order valence-electron chi connectivity index (χ4n) is 1.57. The van der Waals surface area contributed by atoms with Gasteiger partial charge in [-0.3, -0.25) is 4.79 Å². The summed E-state index contributed by atoms with van der Waals surface area (Å²) in [5, 5.41) is 8.97. The second-order valence-corrected chi connectivity index (χ2v) is 7.14. The van der Waals surface area contributed by atoms with Gasteiger partial charge in [-0.25, -0.2) is 13.1 Å². The molecule has 0 fully saturated rings. The zero-order valence-corrected chi connectivity index (χ0v) is 13.4. The number of hydrogen-bond acceptors (Lipinski definition) is 3. The summed E-state index contributed by atoms with van der Waals surface area (Å²) in [5.74, 6) is -1.67. The lowest BCUT2D eigenvalue weighted by atomic mass is 10.1. The van der Waals surface area contributed by atoms with E-state index in [1.54, 1.807) is 12.1 Å². The van der Waals surface area contributed by atoms with Crippen molar-refractivity contribution in [3.05, 3.63) is 27.8 Å². The highest BCUT2D eigenvalue weighted by Gasteiger charge is 2.20. The molecule has 0 bridgehead atoms. The Morgan fingerprint density at radius 3 is 2.42 bits per heavy atom. The van der Waals surface area contributed by atoms with Gasteiger partial charge in [-0.1, -0.05) is 13.3 Å². The third-order valence-corrected chi connectivity index (χ3v) is 4.79. The van der Waals surface area contributed by atoms with Gasteiger partial charge in [-0.15, -0.1) is 0 Å². The zero-order chi connectivity index (χ0) is 14.5. The van der Waals surface area contributed by atoms with Crippen LogP contribution in [0.3, 0.4) is 0 Å². The molecule has 0 amide bonds. The Morgan fingerprint density at radius 1 is 1.37 bits per heavy atom. The van der Waals surface area contributed by atoms with Gasteiger partial charge in [0.2, 0.25) is 10.0 Å². The molecule has 1 aromatic carbocycles. The first-order valence-corrected chi connectivity index (χ1v) is 8.41. The van der Waals surface area contributed by atoms with E-state index in [4.69, 9.17) is 5.11 Å². The van der Waals surface area contributed by atoms with Crippen molar-refractivity contribution in [1.82, 2.24) is 4.72 Å². The maximum absolute atomic E-state index is 12.0. The summed E-state index contributed by atoms with van der Waals surface area (Å²) in [6.07, 6.45) is 1.15. The molecule has 1 unspecified atom stereocenters. The summed E-state index contributed by atoms with van der Waals surface area (Å²) in [7, 11) is -3.64. The number of sulfonamides is 1. The Balaban J connectivity index is 2.74. The monoisotopic (exact) mass is 397 g/mol. The van der Waals surface area contributed by atoms with Crippen molar-refractivity contribution < 1.29 is 18.3 Å². The van der Waals surface area contributed by atoms with Gasteiger partial charge in [-0.2, -0.15) is 0 Å². The first-order chi connectivity index (χ1) is 8.86. The molecular weight excluding hydrogens is 381 g/mol. The minimum atomic E-state index is -3.64. The molecule has 106 valence electrons. The minimum Gasteiger partial charge on any atom is -0.481 e. The van der Waals surface area contributed by atoms with Crippen LogP contribution in [-0.4, -0.2) is 26.0 Å². The predicted molar refractivity (Wildman–Crippen MR) is 80.4 cm³/mol. The normalized spacial score (nSPS) is 13.2. The van der Waals surface area contributed by atoms with E-state index in [1.807, 2.05) is 6.92 Å². The van der Waals surface area contributed by atoms with Gasteiger partial charge in [0.1, 0.15) is 0 Å². The number of carboxylic acids is 1. The molecule has 1 aromatic rings. The van der Waals surface area contributed by atoms with Crippen LogP contribution in [0.2, 0.25) is 0 Å². The highest BCUT2D eigenvalue weighted by atomic mass is 127. The van der Waals surface area contributed by atoms with Crippen molar-refractivity contribution in [3.63, 3.8) is 0 Å². The fourth-order valence-corrected chi connectivity index (χ4v) is 3.01. The Morgan fingerprint density at radius 2 is 1.95 bits per heavy atom. The molecule has 0 saturated carbocycles. The third-order valence-electron chi connectivity index (χ3n) is 2.63. The molecule has 1 rings (SSSR count). The first-order valence-electron chi connectivity index (χ1n) is 5.85. The molecule has 1 atom stereocenters. The van der Waals surface area contributed by atoms with E-state index in [0.29, 0.717) is 12.8 Å². The lowest BCUT2D eigenvalue weighted by Crippen LogP contribution is -2.32. The van der Waals surface area contributed by atoms with E-state index >= 15 is 0 Å². The topological polar surface area (TPSA) is 83.5 Å². The lowest BCUT2D eigenvalue weighted by Gasteiger charge is -2.12. The molecule has 7 heteroatoms. The molecule has 0 aliphatic rings. The predicted octanol–water partition coefficient (Wildman–Crippen LogP) is 2.07. The molecule has 0 heterocycles. The number of halogens is 1. The molecule has 0 aliphatic carbocycles. The second-order valence-electron chi connectivity index (χ2n) is 4.13. The van der Waals surface area contributed by atoms with E-state index in [2.05, 4.69) is 27.3 Å². The smallest absolute Gasteiger partial charge is 0.307 e. The molecule has 0 aliphatic heterocycles. The number of nitrogens with one attached hydrogen (secondary N) is 1. The number of rotatable bonds is 7. The Bertz CT molecular complexity index is 527. The number of carboxylic acid groups (broad SMARTS) is 1. The minimum absolute atomic E-state index is 0.0858. The molecule has 0 aromatic heterocycles. The molecule has 0 spiro atoms. The van der Waals surface area contributed by atoms with Gasteiger partial charge in [0.15, 0.2) is 0 Å². The summed E-state index contributed by atoms with van der Waals surface area (Å²) >= 11 is 2.08. The number of benzene rings is 1. The average molecular weight is 397 g/mol. The van der Waals surface area contributed by atoms with Gasteiger partial charge in [0, 0.05) is 10.1 Å². The SMILES string of the molecule is CCCC(CNS(=O)(=O)c1ccc(I)cc1)C(=O)O. The lowest BCUT2D eigenvalue weighted by molar-refractivity contribution is -0.141. The summed E-state index contributed by atoms with van der Waals surface area (Å²) < 4.78 is 27.2. The number of hydrogen-bond donors (Lipinski definition) is 2. The van der Waals surface area contributed by atoms with Crippen molar-refractivity contribution in [2.45, 2.75) is 24.7 Å². The van der Waals surface area contributed by atoms with Gasteiger partial charge >= 0.3 is 5.97 Å². The van der Waals surface area contributed by atoms with E-state index in [9.17, 15) is 13.2 Å². The summed E-state index contributed by atoms with van der Waals surface area (Å²) in [4.78, 5) is 11.1. The highest BCUT2D eigenvalue weighted by Crippen LogP contribution is 2.13. The molecule has 0 saturated heterocycles. The van der Waals surface area contributed by atoms with Gasteiger partial charge in [-0.05, 0) is 53.3 Å². The Kier molecular flexibility index (Phi) is 6.21. The molecule has 2 N–H and O–H groups in total. The maximum Gasteiger partial charge on any atom is 0.307 e. The van der Waals surface area contributed by atoms with Crippen LogP contribution in [-0.2, 0) is 14.8 Å². The standard InChI is InChI=1S/C12H16INO4S/c1-2-3-9(12(15)16)8-14-19(17,18)11-6-4-10(13)5-7-11/h4-7,9,14H,2-3,8H2,1H3,(H,15,16). The zero-order valence-electron chi connectivity index (χ0n) is 10.5. The van der Waals surface area contributed by atoms with Crippen molar-refractivity contribution in [1.29, 1.82) is 0 Å². The Hall–Kier alpha value is -0.670. The number of aliphatic carboxylic acids is 1. The van der Waals surface area contributed by atoms with Crippen molar-refractivity contribution in [3.8, 4) is 0 Å². The molecule has 5 nitrogen and oxygen atoms in total. The van der Waals surface area contributed by atoms with Gasteiger partial charge < -0.3 is 5.11 Å². The van der Waals surface area contributed by atoms with E-state index in [1.165, 1.54) is 12.1 Å². The average Bonchev–Trinajstić information content (AvgIpc) is 2.34. The molecule has 0 radical (unpaired) electrons. The summed E-state index contributed by atoms with van der Waals surface area (Å²) in [6.45, 7) is 1.78.